The van der Waals surface area contributed by atoms with Gasteiger partial charge in [0.05, 0.1) is 0 Å². The van der Waals surface area contributed by atoms with Crippen molar-refractivity contribution in [1.82, 2.24) is 0 Å². The Balaban J connectivity index is 2.27. The second-order valence-electron chi connectivity index (χ2n) is 4.39. The zero-order chi connectivity index (χ0) is 13.7. The monoisotopic (exact) mass is 255 g/mol. The third-order valence-electron chi connectivity index (χ3n) is 2.86. The van der Waals surface area contributed by atoms with Crippen molar-refractivity contribution in [2.45, 2.75) is 19.8 Å². The minimum atomic E-state index is 0.145. The Kier molecular flexibility index (Phi) is 4.18. The molecule has 0 saturated heterocycles. The van der Waals surface area contributed by atoms with Crippen LogP contribution in [0.2, 0.25) is 0 Å². The Bertz CT molecular complexity index is 591. The summed E-state index contributed by atoms with van der Waals surface area (Å²) in [6.45, 7) is 2.11. The second-order valence-corrected chi connectivity index (χ2v) is 4.39. The number of hydrogen-bond acceptors (Lipinski definition) is 3. The smallest absolute Gasteiger partial charge is 0.141 e. The number of rotatable bonds is 4. The minimum absolute atomic E-state index is 0.145. The fourth-order valence-corrected chi connectivity index (χ4v) is 1.85. The van der Waals surface area contributed by atoms with Crippen molar-refractivity contribution in [2.24, 2.45) is 4.99 Å². The van der Waals surface area contributed by atoms with Crippen LogP contribution < -0.4 is 0 Å². The molecule has 19 heavy (non-hydrogen) atoms. The lowest BCUT2D eigenvalue weighted by atomic mass is 10.1. The molecular formula is C16H17NO2. The molecule has 0 spiro atoms. The van der Waals surface area contributed by atoms with Gasteiger partial charge in [0.2, 0.25) is 0 Å². The van der Waals surface area contributed by atoms with Crippen LogP contribution in [0.25, 0.3) is 0 Å². The highest BCUT2D eigenvalue weighted by molar-refractivity contribution is 5.85. The van der Waals surface area contributed by atoms with E-state index in [0.29, 0.717) is 11.3 Å². The SMILES string of the molecule is CCCc1ccc(O)c(N=Cc2ccccc2O)c1. The molecule has 3 nitrogen and oxygen atoms in total. The number of nitrogens with zero attached hydrogens (tertiary/aromatic N) is 1. The van der Waals surface area contributed by atoms with Crippen molar-refractivity contribution < 1.29 is 10.2 Å². The van der Waals surface area contributed by atoms with Gasteiger partial charge < -0.3 is 10.2 Å². The van der Waals surface area contributed by atoms with E-state index < -0.39 is 0 Å². The number of benzene rings is 2. The number of hydrogen-bond donors (Lipinski definition) is 2. The molecule has 0 radical (unpaired) electrons. The highest BCUT2D eigenvalue weighted by Gasteiger charge is 2.01. The van der Waals surface area contributed by atoms with E-state index in [1.165, 1.54) is 0 Å². The predicted octanol–water partition coefficient (Wildman–Crippen LogP) is 3.80. The molecule has 0 aliphatic rings. The number of aliphatic imine (C=N–C) groups is 1. The summed E-state index contributed by atoms with van der Waals surface area (Å²) in [5, 5.41) is 19.4. The van der Waals surface area contributed by atoms with E-state index in [1.807, 2.05) is 18.2 Å². The molecule has 0 fully saturated rings. The topological polar surface area (TPSA) is 52.8 Å². The maximum atomic E-state index is 9.77. The van der Waals surface area contributed by atoms with E-state index in [9.17, 15) is 10.2 Å². The van der Waals surface area contributed by atoms with E-state index in [4.69, 9.17) is 0 Å². The molecule has 2 aromatic carbocycles. The van der Waals surface area contributed by atoms with Gasteiger partial charge in [-0.2, -0.15) is 0 Å². The van der Waals surface area contributed by atoms with Gasteiger partial charge in [-0.15, -0.1) is 0 Å². The van der Waals surface area contributed by atoms with Gasteiger partial charge in [0, 0.05) is 11.8 Å². The van der Waals surface area contributed by atoms with E-state index in [0.717, 1.165) is 18.4 Å². The highest BCUT2D eigenvalue weighted by Crippen LogP contribution is 2.28. The van der Waals surface area contributed by atoms with Gasteiger partial charge in [-0.1, -0.05) is 31.5 Å². The number of aromatic hydroxyl groups is 2. The summed E-state index contributed by atoms with van der Waals surface area (Å²) in [7, 11) is 0. The Labute approximate surface area is 112 Å². The van der Waals surface area contributed by atoms with Crippen LogP contribution in [0.5, 0.6) is 11.5 Å². The Morgan fingerprint density at radius 3 is 2.58 bits per heavy atom. The molecule has 0 unspecified atom stereocenters. The van der Waals surface area contributed by atoms with Crippen LogP contribution >= 0.6 is 0 Å². The number of para-hydroxylation sites is 1. The first-order valence-corrected chi connectivity index (χ1v) is 6.34. The lowest BCUT2D eigenvalue weighted by molar-refractivity contribution is 0.474. The summed E-state index contributed by atoms with van der Waals surface area (Å²) in [4.78, 5) is 4.24. The third-order valence-corrected chi connectivity index (χ3v) is 2.86. The molecule has 0 aliphatic heterocycles. The molecule has 0 amide bonds. The molecule has 98 valence electrons. The van der Waals surface area contributed by atoms with Crippen LogP contribution in [0, 0.1) is 0 Å². The molecule has 0 heterocycles. The number of phenolic OH excluding ortho intramolecular Hbond substituents is 2. The molecule has 3 heteroatoms. The van der Waals surface area contributed by atoms with Gasteiger partial charge in [0.1, 0.15) is 17.2 Å². The number of phenols is 2. The average molecular weight is 255 g/mol. The van der Waals surface area contributed by atoms with Crippen LogP contribution in [-0.4, -0.2) is 16.4 Å². The van der Waals surface area contributed by atoms with E-state index in [-0.39, 0.29) is 11.5 Å². The normalized spacial score (nSPS) is 11.0. The second kappa shape index (κ2) is 6.05. The standard InChI is InChI=1S/C16H17NO2/c1-2-5-12-8-9-16(19)14(10-12)17-11-13-6-3-4-7-15(13)18/h3-4,6-11,18-19H,2,5H2,1H3. The van der Waals surface area contributed by atoms with Crippen LogP contribution in [-0.2, 0) is 6.42 Å². The largest absolute Gasteiger partial charge is 0.507 e. The fourth-order valence-electron chi connectivity index (χ4n) is 1.85. The first kappa shape index (κ1) is 13.1. The summed E-state index contributed by atoms with van der Waals surface area (Å²) < 4.78 is 0. The summed E-state index contributed by atoms with van der Waals surface area (Å²) in [5.74, 6) is 0.321. The number of aryl methyl sites for hydroxylation is 1. The van der Waals surface area contributed by atoms with Crippen molar-refractivity contribution in [3.05, 3.63) is 53.6 Å². The maximum Gasteiger partial charge on any atom is 0.141 e. The quantitative estimate of drug-likeness (QED) is 0.816. The van der Waals surface area contributed by atoms with Crippen LogP contribution in [0.4, 0.5) is 5.69 Å². The predicted molar refractivity (Wildman–Crippen MR) is 77.5 cm³/mol. The molecule has 0 bridgehead atoms. The van der Waals surface area contributed by atoms with Crippen LogP contribution in [0.1, 0.15) is 24.5 Å². The molecule has 2 aromatic rings. The van der Waals surface area contributed by atoms with Gasteiger partial charge in [0.15, 0.2) is 0 Å². The summed E-state index contributed by atoms with van der Waals surface area (Å²) >= 11 is 0. The zero-order valence-corrected chi connectivity index (χ0v) is 10.9. The minimum Gasteiger partial charge on any atom is -0.507 e. The first-order chi connectivity index (χ1) is 9.20. The molecule has 2 rings (SSSR count). The first-order valence-electron chi connectivity index (χ1n) is 6.34. The highest BCUT2D eigenvalue weighted by atomic mass is 16.3. The third kappa shape index (κ3) is 3.35. The molecule has 0 aromatic heterocycles. The fraction of sp³-hybridized carbons (Fsp3) is 0.188. The summed E-state index contributed by atoms with van der Waals surface area (Å²) in [6, 6.07) is 12.4. The Morgan fingerprint density at radius 1 is 1.05 bits per heavy atom. The van der Waals surface area contributed by atoms with Crippen molar-refractivity contribution >= 4 is 11.9 Å². The molecule has 2 N–H and O–H groups in total. The van der Waals surface area contributed by atoms with E-state index in [2.05, 4.69) is 11.9 Å². The molecule has 0 aliphatic carbocycles. The van der Waals surface area contributed by atoms with Crippen molar-refractivity contribution in [3.63, 3.8) is 0 Å². The summed E-state index contributed by atoms with van der Waals surface area (Å²) in [5.41, 5.74) is 2.29. The van der Waals surface area contributed by atoms with Gasteiger partial charge in [-0.3, -0.25) is 4.99 Å². The Hall–Kier alpha value is -2.29. The molecular weight excluding hydrogens is 238 g/mol. The van der Waals surface area contributed by atoms with Crippen molar-refractivity contribution in [2.75, 3.05) is 0 Å². The lowest BCUT2D eigenvalue weighted by Gasteiger charge is -2.03. The van der Waals surface area contributed by atoms with Gasteiger partial charge in [-0.05, 0) is 36.2 Å². The van der Waals surface area contributed by atoms with Gasteiger partial charge in [0.25, 0.3) is 0 Å². The maximum absolute atomic E-state index is 9.77. The lowest BCUT2D eigenvalue weighted by Crippen LogP contribution is -1.84. The van der Waals surface area contributed by atoms with Crippen LogP contribution in [0.3, 0.4) is 0 Å². The van der Waals surface area contributed by atoms with Crippen LogP contribution in [0.15, 0.2) is 47.5 Å². The van der Waals surface area contributed by atoms with E-state index >= 15 is 0 Å². The van der Waals surface area contributed by atoms with Gasteiger partial charge in [-0.25, -0.2) is 0 Å². The average Bonchev–Trinajstić information content (AvgIpc) is 2.41. The molecule has 0 atom stereocenters. The van der Waals surface area contributed by atoms with E-state index in [1.54, 1.807) is 30.5 Å². The van der Waals surface area contributed by atoms with Crippen molar-refractivity contribution in [3.8, 4) is 11.5 Å². The summed E-state index contributed by atoms with van der Waals surface area (Å²) in [6.07, 6.45) is 3.56. The zero-order valence-electron chi connectivity index (χ0n) is 10.9. The van der Waals surface area contributed by atoms with Crippen molar-refractivity contribution in [1.29, 1.82) is 0 Å². The molecule has 0 saturated carbocycles. The Morgan fingerprint density at radius 2 is 1.84 bits per heavy atom. The van der Waals surface area contributed by atoms with Gasteiger partial charge >= 0.3 is 0 Å².